The molecule has 6 heteroatoms. The summed E-state index contributed by atoms with van der Waals surface area (Å²) in [5, 5.41) is 18.6. The molecular formula is C19H14N2O3S. The van der Waals surface area contributed by atoms with Gasteiger partial charge >= 0.3 is 5.97 Å². The van der Waals surface area contributed by atoms with Gasteiger partial charge < -0.3 is 9.84 Å². The highest BCUT2D eigenvalue weighted by atomic mass is 32.1. The van der Waals surface area contributed by atoms with Gasteiger partial charge in [-0.05, 0) is 29.8 Å². The zero-order valence-electron chi connectivity index (χ0n) is 13.2. The molecule has 0 radical (unpaired) electrons. The maximum Gasteiger partial charge on any atom is 0.307 e. The Hall–Kier alpha value is -3.17. The van der Waals surface area contributed by atoms with Crippen molar-refractivity contribution in [1.82, 2.24) is 4.98 Å². The zero-order valence-corrected chi connectivity index (χ0v) is 14.0. The van der Waals surface area contributed by atoms with Crippen molar-refractivity contribution in [3.8, 4) is 11.8 Å². The molecule has 0 spiro atoms. The third-order valence-electron chi connectivity index (χ3n) is 3.45. The summed E-state index contributed by atoms with van der Waals surface area (Å²) in [4.78, 5) is 15.9. The number of ether oxygens (including phenoxy) is 1. The first-order valence-electron chi connectivity index (χ1n) is 7.54. The molecule has 0 aliphatic heterocycles. The van der Waals surface area contributed by atoms with Crippen LogP contribution in [0.5, 0.6) is 5.75 Å². The predicted molar refractivity (Wildman–Crippen MR) is 97.3 cm³/mol. The Balaban J connectivity index is 2.05. The van der Waals surface area contributed by atoms with Gasteiger partial charge in [0.05, 0.1) is 16.6 Å². The molecule has 3 aromatic rings. The number of carboxylic acids is 1. The summed E-state index contributed by atoms with van der Waals surface area (Å²) >= 11 is 1.45. The Kier molecular flexibility index (Phi) is 5.07. The Morgan fingerprint density at radius 2 is 2.00 bits per heavy atom. The molecule has 1 N–H and O–H groups in total. The van der Waals surface area contributed by atoms with Crippen molar-refractivity contribution >= 4 is 39.2 Å². The molecule has 0 aliphatic carbocycles. The highest BCUT2D eigenvalue weighted by Gasteiger charge is 2.13. The quantitative estimate of drug-likeness (QED) is 0.720. The van der Waals surface area contributed by atoms with Crippen molar-refractivity contribution in [2.45, 2.75) is 6.42 Å². The summed E-state index contributed by atoms with van der Waals surface area (Å²) in [6.45, 7) is -0.0692. The van der Waals surface area contributed by atoms with Gasteiger partial charge in [-0.25, -0.2) is 4.98 Å². The summed E-state index contributed by atoms with van der Waals surface area (Å²) < 4.78 is 6.42. The molecule has 0 unspecified atom stereocenters. The van der Waals surface area contributed by atoms with E-state index >= 15 is 0 Å². The van der Waals surface area contributed by atoms with Crippen molar-refractivity contribution in [1.29, 1.82) is 5.26 Å². The van der Waals surface area contributed by atoms with Gasteiger partial charge in [0.1, 0.15) is 16.8 Å². The molecule has 25 heavy (non-hydrogen) atoms. The second-order valence-electron chi connectivity index (χ2n) is 5.21. The lowest BCUT2D eigenvalue weighted by Crippen LogP contribution is -1.98. The second-order valence-corrected chi connectivity index (χ2v) is 6.24. The van der Waals surface area contributed by atoms with Crippen LogP contribution in [0.4, 0.5) is 0 Å². The van der Waals surface area contributed by atoms with Crippen LogP contribution in [0.2, 0.25) is 0 Å². The average Bonchev–Trinajstić information content (AvgIpc) is 3.04. The maximum atomic E-state index is 11.3. The van der Waals surface area contributed by atoms with Gasteiger partial charge in [0.2, 0.25) is 0 Å². The number of carboxylic acid groups (broad SMARTS) is 1. The van der Waals surface area contributed by atoms with E-state index in [1.807, 2.05) is 42.5 Å². The van der Waals surface area contributed by atoms with Crippen LogP contribution in [-0.4, -0.2) is 22.7 Å². The number of benzene rings is 2. The first-order chi connectivity index (χ1) is 12.2. The summed E-state index contributed by atoms with van der Waals surface area (Å²) in [5.74, 6) is -0.394. The van der Waals surface area contributed by atoms with E-state index in [2.05, 4.69) is 4.98 Å². The molecule has 0 fully saturated rings. The Morgan fingerprint density at radius 1 is 1.24 bits per heavy atom. The minimum Gasteiger partial charge on any atom is -0.481 e. The molecule has 5 nitrogen and oxygen atoms in total. The number of fused-ring (bicyclic) bond motifs is 1. The number of carbonyl (C=O) groups is 1. The molecule has 0 aliphatic rings. The molecule has 2 aromatic carbocycles. The van der Waals surface area contributed by atoms with E-state index in [4.69, 9.17) is 10.00 Å². The van der Waals surface area contributed by atoms with Crippen molar-refractivity contribution in [3.63, 3.8) is 0 Å². The maximum absolute atomic E-state index is 11.3. The summed E-state index contributed by atoms with van der Waals surface area (Å²) in [6.07, 6.45) is 1.62. The molecule has 0 saturated carbocycles. The van der Waals surface area contributed by atoms with Gasteiger partial charge in [0.25, 0.3) is 0 Å². The number of aliphatic carboxylic acids is 1. The van der Waals surface area contributed by atoms with E-state index in [1.54, 1.807) is 18.2 Å². The van der Waals surface area contributed by atoms with E-state index in [9.17, 15) is 9.90 Å². The van der Waals surface area contributed by atoms with Crippen LogP contribution in [0.25, 0.3) is 21.9 Å². The topological polar surface area (TPSA) is 83.2 Å². The lowest BCUT2D eigenvalue weighted by atomic mass is 10.1. The normalized spacial score (nSPS) is 11.2. The van der Waals surface area contributed by atoms with Gasteiger partial charge in [-0.2, -0.15) is 5.26 Å². The number of thiazole rings is 1. The molecule has 0 amide bonds. The molecule has 124 valence electrons. The number of para-hydroxylation sites is 2. The van der Waals surface area contributed by atoms with E-state index < -0.39 is 5.97 Å². The van der Waals surface area contributed by atoms with Crippen LogP contribution < -0.4 is 4.74 Å². The highest BCUT2D eigenvalue weighted by Crippen LogP contribution is 2.32. The lowest BCUT2D eigenvalue weighted by Gasteiger charge is -2.07. The Bertz CT molecular complexity index is 952. The number of nitriles is 1. The van der Waals surface area contributed by atoms with Crippen LogP contribution in [0, 0.1) is 11.3 Å². The van der Waals surface area contributed by atoms with Crippen molar-refractivity contribution < 1.29 is 14.6 Å². The molecule has 1 heterocycles. The van der Waals surface area contributed by atoms with E-state index in [0.29, 0.717) is 21.9 Å². The summed E-state index contributed by atoms with van der Waals surface area (Å²) in [6, 6.07) is 16.8. The van der Waals surface area contributed by atoms with Gasteiger partial charge in [-0.3, -0.25) is 4.79 Å². The lowest BCUT2D eigenvalue weighted by molar-refractivity contribution is -0.135. The number of aromatic nitrogens is 1. The monoisotopic (exact) mass is 350 g/mol. The molecule has 0 saturated heterocycles. The first kappa shape index (κ1) is 16.7. The highest BCUT2D eigenvalue weighted by molar-refractivity contribution is 7.19. The molecule has 0 bridgehead atoms. The predicted octanol–water partition coefficient (Wildman–Crippen LogP) is 4.21. The van der Waals surface area contributed by atoms with Crippen LogP contribution in [0.1, 0.15) is 17.0 Å². The van der Waals surface area contributed by atoms with Crippen molar-refractivity contribution in [2.24, 2.45) is 0 Å². The Morgan fingerprint density at radius 3 is 2.76 bits per heavy atom. The van der Waals surface area contributed by atoms with Crippen molar-refractivity contribution in [3.05, 3.63) is 59.1 Å². The smallest absolute Gasteiger partial charge is 0.307 e. The third kappa shape index (κ3) is 4.03. The van der Waals surface area contributed by atoms with Crippen LogP contribution in [0.3, 0.4) is 0 Å². The summed E-state index contributed by atoms with van der Waals surface area (Å²) in [7, 11) is 0. The number of hydrogen-bond donors (Lipinski definition) is 1. The standard InChI is InChI=1S/C19H14N2O3S/c20-9-10-24-16-7-3-1-5-13(16)11-14(12-18(22)23)19-21-15-6-2-4-8-17(15)25-19/h1-8,11H,10,12H2,(H,22,23). The van der Waals surface area contributed by atoms with E-state index in [1.165, 1.54) is 11.3 Å². The van der Waals surface area contributed by atoms with Gasteiger partial charge in [-0.1, -0.05) is 30.3 Å². The van der Waals surface area contributed by atoms with Crippen LogP contribution in [-0.2, 0) is 4.79 Å². The second kappa shape index (κ2) is 7.60. The summed E-state index contributed by atoms with van der Waals surface area (Å²) in [5.41, 5.74) is 2.16. The molecule has 3 rings (SSSR count). The van der Waals surface area contributed by atoms with E-state index in [0.717, 1.165) is 10.2 Å². The first-order valence-corrected chi connectivity index (χ1v) is 8.36. The minimum absolute atomic E-state index is 0.0692. The van der Waals surface area contributed by atoms with Crippen LogP contribution >= 0.6 is 11.3 Å². The van der Waals surface area contributed by atoms with E-state index in [-0.39, 0.29) is 13.0 Å². The number of nitrogens with zero attached hydrogens (tertiary/aromatic N) is 2. The van der Waals surface area contributed by atoms with Crippen molar-refractivity contribution in [2.75, 3.05) is 6.61 Å². The SMILES string of the molecule is N#CCOc1ccccc1C=C(CC(=O)O)c1nc2ccccc2s1. The zero-order chi connectivity index (χ0) is 17.6. The van der Waals surface area contributed by atoms with Gasteiger partial charge in [0.15, 0.2) is 6.61 Å². The fourth-order valence-corrected chi connectivity index (χ4v) is 3.37. The average molecular weight is 350 g/mol. The fourth-order valence-electron chi connectivity index (χ4n) is 2.39. The number of rotatable bonds is 6. The number of hydrogen-bond acceptors (Lipinski definition) is 5. The minimum atomic E-state index is -0.930. The molecule has 1 aromatic heterocycles. The largest absolute Gasteiger partial charge is 0.481 e. The Labute approximate surface area is 148 Å². The van der Waals surface area contributed by atoms with Gasteiger partial charge in [0, 0.05) is 5.56 Å². The third-order valence-corrected chi connectivity index (χ3v) is 4.56. The van der Waals surface area contributed by atoms with Crippen LogP contribution in [0.15, 0.2) is 48.5 Å². The molecule has 0 atom stereocenters. The van der Waals surface area contributed by atoms with Gasteiger partial charge in [-0.15, -0.1) is 11.3 Å². The fraction of sp³-hybridized carbons (Fsp3) is 0.105. The molecular weight excluding hydrogens is 336 g/mol.